The molecule has 0 saturated carbocycles. The Balaban J connectivity index is 2.78. The summed E-state index contributed by atoms with van der Waals surface area (Å²) in [6.45, 7) is 3.68. The molecule has 0 aliphatic heterocycles. The number of benzene rings is 1. The minimum atomic E-state index is -0.451. The lowest BCUT2D eigenvalue weighted by molar-refractivity contribution is -0.121. The van der Waals surface area contributed by atoms with Crippen LogP contribution in [0.2, 0.25) is 5.02 Å². The molecule has 14 heavy (non-hydrogen) atoms. The van der Waals surface area contributed by atoms with Crippen molar-refractivity contribution in [1.82, 2.24) is 0 Å². The number of hydrogen-bond donors (Lipinski definition) is 0. The predicted molar refractivity (Wildman–Crippen MR) is 55.0 cm³/mol. The standard InChI is InChI=1S/C11H12ClFO/c1-7(2)11(14)6-8-3-4-10(13)9(12)5-8/h3-5,7H,6H2,1-2H3. The van der Waals surface area contributed by atoms with Crippen molar-refractivity contribution in [3.8, 4) is 0 Å². The fraction of sp³-hybridized carbons (Fsp3) is 0.364. The first-order valence-corrected chi connectivity index (χ1v) is 4.85. The van der Waals surface area contributed by atoms with E-state index in [-0.39, 0.29) is 16.7 Å². The third kappa shape index (κ3) is 2.81. The Morgan fingerprint density at radius 3 is 2.64 bits per heavy atom. The lowest BCUT2D eigenvalue weighted by Crippen LogP contribution is -2.10. The van der Waals surface area contributed by atoms with Crippen LogP contribution in [0.3, 0.4) is 0 Å². The monoisotopic (exact) mass is 214 g/mol. The molecule has 0 heterocycles. The molecular weight excluding hydrogens is 203 g/mol. The van der Waals surface area contributed by atoms with Gasteiger partial charge in [-0.15, -0.1) is 0 Å². The molecule has 1 nitrogen and oxygen atoms in total. The number of hydrogen-bond acceptors (Lipinski definition) is 1. The smallest absolute Gasteiger partial charge is 0.141 e. The summed E-state index contributed by atoms with van der Waals surface area (Å²) in [5, 5.41) is 0.0686. The highest BCUT2D eigenvalue weighted by Crippen LogP contribution is 2.17. The number of carbonyl (C=O) groups excluding carboxylic acids is 1. The number of carbonyl (C=O) groups is 1. The van der Waals surface area contributed by atoms with Crippen LogP contribution in [-0.2, 0) is 11.2 Å². The van der Waals surface area contributed by atoms with E-state index in [2.05, 4.69) is 0 Å². The van der Waals surface area contributed by atoms with Crippen LogP contribution in [0.4, 0.5) is 4.39 Å². The van der Waals surface area contributed by atoms with Crippen molar-refractivity contribution in [3.63, 3.8) is 0 Å². The van der Waals surface area contributed by atoms with Crippen LogP contribution in [0, 0.1) is 11.7 Å². The molecule has 0 aromatic heterocycles. The Labute approximate surface area is 87.9 Å². The Kier molecular flexibility index (Phi) is 3.64. The van der Waals surface area contributed by atoms with Gasteiger partial charge in [0.05, 0.1) is 5.02 Å². The molecule has 0 unspecified atom stereocenters. The zero-order valence-corrected chi connectivity index (χ0v) is 8.94. The summed E-state index contributed by atoms with van der Waals surface area (Å²) in [5.41, 5.74) is 0.759. The molecule has 0 spiro atoms. The summed E-state index contributed by atoms with van der Waals surface area (Å²) >= 11 is 5.59. The summed E-state index contributed by atoms with van der Waals surface area (Å²) in [4.78, 5) is 11.4. The van der Waals surface area contributed by atoms with Gasteiger partial charge in [0.1, 0.15) is 11.6 Å². The van der Waals surface area contributed by atoms with Crippen molar-refractivity contribution < 1.29 is 9.18 Å². The highest BCUT2D eigenvalue weighted by Gasteiger charge is 2.09. The van der Waals surface area contributed by atoms with Gasteiger partial charge in [0.25, 0.3) is 0 Å². The molecule has 0 fully saturated rings. The van der Waals surface area contributed by atoms with Crippen molar-refractivity contribution in [3.05, 3.63) is 34.6 Å². The fourth-order valence-corrected chi connectivity index (χ4v) is 1.26. The molecule has 0 N–H and O–H groups in total. The van der Waals surface area contributed by atoms with Crippen LogP contribution >= 0.6 is 11.6 Å². The highest BCUT2D eigenvalue weighted by molar-refractivity contribution is 6.30. The molecule has 76 valence electrons. The van der Waals surface area contributed by atoms with Gasteiger partial charge in [-0.1, -0.05) is 31.5 Å². The Morgan fingerprint density at radius 1 is 1.50 bits per heavy atom. The van der Waals surface area contributed by atoms with E-state index < -0.39 is 5.82 Å². The van der Waals surface area contributed by atoms with Gasteiger partial charge in [-0.25, -0.2) is 4.39 Å². The average Bonchev–Trinajstić information content (AvgIpc) is 2.11. The second-order valence-corrected chi connectivity index (χ2v) is 3.95. The second-order valence-electron chi connectivity index (χ2n) is 3.55. The first-order chi connectivity index (χ1) is 6.50. The minimum Gasteiger partial charge on any atom is -0.299 e. The van der Waals surface area contributed by atoms with Gasteiger partial charge in [0, 0.05) is 12.3 Å². The van der Waals surface area contributed by atoms with Crippen molar-refractivity contribution >= 4 is 17.4 Å². The number of rotatable bonds is 3. The number of Topliss-reactive ketones (excluding diaryl/α,β-unsaturated/α-hetero) is 1. The molecule has 0 amide bonds. The molecule has 0 bridgehead atoms. The lowest BCUT2D eigenvalue weighted by atomic mass is 10.0. The van der Waals surface area contributed by atoms with Crippen molar-refractivity contribution in [2.45, 2.75) is 20.3 Å². The van der Waals surface area contributed by atoms with Crippen LogP contribution in [0.15, 0.2) is 18.2 Å². The van der Waals surface area contributed by atoms with Crippen LogP contribution < -0.4 is 0 Å². The molecule has 0 aliphatic rings. The molecule has 0 aliphatic carbocycles. The van der Waals surface area contributed by atoms with Crippen LogP contribution in [0.1, 0.15) is 19.4 Å². The molecule has 3 heteroatoms. The fourth-order valence-electron chi connectivity index (χ4n) is 1.05. The van der Waals surface area contributed by atoms with Crippen LogP contribution in [0.25, 0.3) is 0 Å². The first kappa shape index (κ1) is 11.2. The van der Waals surface area contributed by atoms with Gasteiger partial charge in [0.15, 0.2) is 0 Å². The summed E-state index contributed by atoms with van der Waals surface area (Å²) < 4.78 is 12.8. The molecular formula is C11H12ClFO. The first-order valence-electron chi connectivity index (χ1n) is 4.47. The average molecular weight is 215 g/mol. The predicted octanol–water partition coefficient (Wildman–Crippen LogP) is 3.25. The van der Waals surface area contributed by atoms with Crippen LogP contribution in [0.5, 0.6) is 0 Å². The van der Waals surface area contributed by atoms with Gasteiger partial charge < -0.3 is 0 Å². The summed E-state index contributed by atoms with van der Waals surface area (Å²) in [6, 6.07) is 4.37. The zero-order valence-electron chi connectivity index (χ0n) is 8.18. The lowest BCUT2D eigenvalue weighted by Gasteiger charge is -2.04. The van der Waals surface area contributed by atoms with Gasteiger partial charge in [-0.2, -0.15) is 0 Å². The maximum atomic E-state index is 12.8. The molecule has 0 atom stereocenters. The van der Waals surface area contributed by atoms with E-state index >= 15 is 0 Å². The quantitative estimate of drug-likeness (QED) is 0.755. The van der Waals surface area contributed by atoms with Gasteiger partial charge in [0.2, 0.25) is 0 Å². The topological polar surface area (TPSA) is 17.1 Å². The second kappa shape index (κ2) is 4.56. The molecule has 0 saturated heterocycles. The SMILES string of the molecule is CC(C)C(=O)Cc1ccc(F)c(Cl)c1. The number of halogens is 2. The summed E-state index contributed by atoms with van der Waals surface area (Å²) in [5.74, 6) is -0.320. The third-order valence-corrected chi connectivity index (χ3v) is 2.30. The van der Waals surface area contributed by atoms with E-state index in [1.807, 2.05) is 13.8 Å². The maximum Gasteiger partial charge on any atom is 0.141 e. The molecule has 0 radical (unpaired) electrons. The van der Waals surface area contributed by atoms with Crippen molar-refractivity contribution in [2.24, 2.45) is 5.92 Å². The summed E-state index contributed by atoms with van der Waals surface area (Å²) in [7, 11) is 0. The van der Waals surface area contributed by atoms with Gasteiger partial charge >= 0.3 is 0 Å². The minimum absolute atomic E-state index is 0.00108. The van der Waals surface area contributed by atoms with E-state index in [1.165, 1.54) is 12.1 Å². The Bertz CT molecular complexity index is 347. The molecule has 1 aromatic rings. The van der Waals surface area contributed by atoms with E-state index in [1.54, 1.807) is 6.07 Å². The van der Waals surface area contributed by atoms with E-state index in [9.17, 15) is 9.18 Å². The van der Waals surface area contributed by atoms with E-state index in [0.717, 1.165) is 5.56 Å². The maximum absolute atomic E-state index is 12.8. The van der Waals surface area contributed by atoms with E-state index in [0.29, 0.717) is 6.42 Å². The van der Waals surface area contributed by atoms with Crippen LogP contribution in [-0.4, -0.2) is 5.78 Å². The highest BCUT2D eigenvalue weighted by atomic mass is 35.5. The Hall–Kier alpha value is -0.890. The largest absolute Gasteiger partial charge is 0.299 e. The Morgan fingerprint density at radius 2 is 2.14 bits per heavy atom. The third-order valence-electron chi connectivity index (χ3n) is 2.01. The van der Waals surface area contributed by atoms with E-state index in [4.69, 9.17) is 11.6 Å². The van der Waals surface area contributed by atoms with Crippen molar-refractivity contribution in [1.29, 1.82) is 0 Å². The van der Waals surface area contributed by atoms with Gasteiger partial charge in [-0.3, -0.25) is 4.79 Å². The number of ketones is 1. The zero-order chi connectivity index (χ0) is 10.7. The van der Waals surface area contributed by atoms with Crippen molar-refractivity contribution in [2.75, 3.05) is 0 Å². The molecule has 1 aromatic carbocycles. The summed E-state index contributed by atoms with van der Waals surface area (Å²) in [6.07, 6.45) is 0.317. The molecule has 1 rings (SSSR count). The normalized spacial score (nSPS) is 10.6. The van der Waals surface area contributed by atoms with Gasteiger partial charge in [-0.05, 0) is 17.7 Å².